The molecule has 1 unspecified atom stereocenters. The quantitative estimate of drug-likeness (QED) is 0.350. The number of nitrogens with two attached hydrogens (primary N) is 1. The lowest BCUT2D eigenvalue weighted by Crippen LogP contribution is -2.41. The van der Waals surface area contributed by atoms with Crippen LogP contribution in [0.5, 0.6) is 0 Å². The molecule has 15 heteroatoms. The Morgan fingerprint density at radius 1 is 1.19 bits per heavy atom. The Morgan fingerprint density at radius 3 is 2.47 bits per heavy atom. The van der Waals surface area contributed by atoms with Gasteiger partial charge < -0.3 is 16.2 Å². The number of fused-ring (bicyclic) bond motifs is 1. The SMILES string of the molecule is CC(CCC(=O)O)NC(=O)c1ccc(N(Cc2cnc3nc(N)[nH]c(=O)c3n2)C(=O)C(F)(F)F)cc1. The number of aromatic nitrogens is 4. The Bertz CT molecular complexity index is 1360. The molecule has 0 saturated heterocycles. The predicted octanol–water partition coefficient (Wildman–Crippen LogP) is 1.37. The van der Waals surface area contributed by atoms with Crippen molar-refractivity contribution in [3.05, 3.63) is 52.1 Å². The van der Waals surface area contributed by atoms with E-state index in [0.717, 1.165) is 18.3 Å². The number of carboxylic acids is 1. The van der Waals surface area contributed by atoms with Gasteiger partial charge in [-0.1, -0.05) is 0 Å². The third-order valence-electron chi connectivity index (χ3n) is 4.90. The van der Waals surface area contributed by atoms with E-state index >= 15 is 0 Å². The Balaban J connectivity index is 1.86. The molecule has 190 valence electrons. The first-order valence-electron chi connectivity index (χ1n) is 10.4. The van der Waals surface area contributed by atoms with Gasteiger partial charge in [0, 0.05) is 23.7 Å². The van der Waals surface area contributed by atoms with E-state index < -0.39 is 42.1 Å². The molecule has 2 amide bonds. The van der Waals surface area contributed by atoms with Gasteiger partial charge in [-0.05, 0) is 37.6 Å². The van der Waals surface area contributed by atoms with Crippen molar-refractivity contribution < 1.29 is 32.7 Å². The number of aromatic amines is 1. The molecule has 0 bridgehead atoms. The topological polar surface area (TPSA) is 184 Å². The Morgan fingerprint density at radius 2 is 1.86 bits per heavy atom. The van der Waals surface area contributed by atoms with E-state index in [1.807, 2.05) is 0 Å². The van der Waals surface area contributed by atoms with Crippen LogP contribution >= 0.6 is 0 Å². The highest BCUT2D eigenvalue weighted by molar-refractivity contribution is 5.98. The van der Waals surface area contributed by atoms with Gasteiger partial charge in [-0.2, -0.15) is 18.2 Å². The summed E-state index contributed by atoms with van der Waals surface area (Å²) < 4.78 is 40.0. The number of amides is 2. The zero-order chi connectivity index (χ0) is 26.6. The fourth-order valence-electron chi connectivity index (χ4n) is 3.15. The fourth-order valence-corrected chi connectivity index (χ4v) is 3.15. The average molecular weight is 507 g/mol. The largest absolute Gasteiger partial charge is 0.481 e. The number of nitrogens with zero attached hydrogens (tertiary/aromatic N) is 4. The van der Waals surface area contributed by atoms with Gasteiger partial charge in [0.15, 0.2) is 11.2 Å². The van der Waals surface area contributed by atoms with E-state index in [0.29, 0.717) is 4.90 Å². The van der Waals surface area contributed by atoms with Crippen molar-refractivity contribution in [1.82, 2.24) is 25.3 Å². The maximum atomic E-state index is 13.3. The van der Waals surface area contributed by atoms with E-state index in [4.69, 9.17) is 10.8 Å². The van der Waals surface area contributed by atoms with Crippen LogP contribution in [0.3, 0.4) is 0 Å². The lowest BCUT2D eigenvalue weighted by molar-refractivity contribution is -0.170. The van der Waals surface area contributed by atoms with Crippen LogP contribution in [-0.4, -0.2) is 55.0 Å². The molecule has 1 atom stereocenters. The molecule has 0 aliphatic carbocycles. The number of nitrogen functional groups attached to an aromatic ring is 1. The molecular formula is C21H20F3N7O5. The first-order chi connectivity index (χ1) is 16.8. The van der Waals surface area contributed by atoms with Crippen LogP contribution in [0.4, 0.5) is 24.8 Å². The summed E-state index contributed by atoms with van der Waals surface area (Å²) in [6.45, 7) is 0.918. The number of alkyl halides is 3. The summed E-state index contributed by atoms with van der Waals surface area (Å²) in [5.74, 6) is -4.01. The molecule has 0 radical (unpaired) electrons. The monoisotopic (exact) mass is 507 g/mol. The molecule has 0 saturated carbocycles. The van der Waals surface area contributed by atoms with Crippen LogP contribution in [0, 0.1) is 0 Å². The number of hydrogen-bond acceptors (Lipinski definition) is 8. The summed E-state index contributed by atoms with van der Waals surface area (Å²) in [4.78, 5) is 61.4. The van der Waals surface area contributed by atoms with Gasteiger partial charge in [0.2, 0.25) is 5.95 Å². The van der Waals surface area contributed by atoms with Crippen molar-refractivity contribution in [3.63, 3.8) is 0 Å². The van der Waals surface area contributed by atoms with Crippen molar-refractivity contribution in [2.45, 2.75) is 38.5 Å². The molecule has 2 aromatic heterocycles. The highest BCUT2D eigenvalue weighted by Crippen LogP contribution is 2.26. The number of hydrogen-bond donors (Lipinski definition) is 4. The van der Waals surface area contributed by atoms with Gasteiger partial charge in [0.25, 0.3) is 11.5 Å². The van der Waals surface area contributed by atoms with E-state index in [-0.39, 0.29) is 46.9 Å². The Hall–Kier alpha value is -4.56. The molecule has 0 aliphatic rings. The summed E-state index contributed by atoms with van der Waals surface area (Å²) in [6, 6.07) is 4.26. The number of H-pyrrole nitrogens is 1. The van der Waals surface area contributed by atoms with Crippen LogP contribution in [0.2, 0.25) is 0 Å². The van der Waals surface area contributed by atoms with Gasteiger partial charge in [0.1, 0.15) is 0 Å². The highest BCUT2D eigenvalue weighted by Gasteiger charge is 2.43. The molecule has 12 nitrogen and oxygen atoms in total. The van der Waals surface area contributed by atoms with Crippen LogP contribution in [0.25, 0.3) is 11.2 Å². The van der Waals surface area contributed by atoms with E-state index in [9.17, 15) is 32.3 Å². The van der Waals surface area contributed by atoms with Crippen molar-refractivity contribution in [1.29, 1.82) is 0 Å². The van der Waals surface area contributed by atoms with E-state index in [1.54, 1.807) is 6.92 Å². The van der Waals surface area contributed by atoms with Gasteiger partial charge in [-0.25, -0.2) is 9.97 Å². The number of halogens is 3. The Kier molecular flexibility index (Phi) is 7.50. The minimum absolute atomic E-state index is 0.0843. The van der Waals surface area contributed by atoms with Crippen molar-refractivity contribution in [2.24, 2.45) is 0 Å². The number of anilines is 2. The van der Waals surface area contributed by atoms with Crippen molar-refractivity contribution in [3.8, 4) is 0 Å². The molecule has 1 aromatic carbocycles. The molecule has 0 spiro atoms. The van der Waals surface area contributed by atoms with Crippen molar-refractivity contribution >= 4 is 40.6 Å². The maximum absolute atomic E-state index is 13.3. The lowest BCUT2D eigenvalue weighted by Gasteiger charge is -2.24. The lowest BCUT2D eigenvalue weighted by atomic mass is 10.1. The number of carboxylic acid groups (broad SMARTS) is 1. The number of rotatable bonds is 8. The molecule has 36 heavy (non-hydrogen) atoms. The standard InChI is InChI=1S/C21H20F3N7O5/c1-10(2-7-14(32)33)27-17(34)11-3-5-13(6-4-11)31(19(36)21(22,23)24)9-12-8-26-16-15(28-12)18(35)30-20(25)29-16/h3-6,8,10H,2,7,9H2,1H3,(H,27,34)(H,32,33)(H3,25,26,29,30,35). The van der Waals surface area contributed by atoms with Gasteiger partial charge in [-0.15, -0.1) is 0 Å². The van der Waals surface area contributed by atoms with Crippen LogP contribution in [0.1, 0.15) is 35.8 Å². The smallest absolute Gasteiger partial charge is 0.471 e. The summed E-state index contributed by atoms with van der Waals surface area (Å²) >= 11 is 0. The normalized spacial score (nSPS) is 12.2. The van der Waals surface area contributed by atoms with Crippen LogP contribution < -0.4 is 21.5 Å². The van der Waals surface area contributed by atoms with Gasteiger partial charge in [0.05, 0.1) is 18.4 Å². The zero-order valence-electron chi connectivity index (χ0n) is 18.7. The first-order valence-corrected chi connectivity index (χ1v) is 10.4. The van der Waals surface area contributed by atoms with Crippen molar-refractivity contribution in [2.75, 3.05) is 10.6 Å². The number of benzene rings is 1. The predicted molar refractivity (Wildman–Crippen MR) is 120 cm³/mol. The molecule has 3 aromatic rings. The zero-order valence-corrected chi connectivity index (χ0v) is 18.7. The number of nitrogens with one attached hydrogen (secondary N) is 2. The summed E-state index contributed by atoms with van der Waals surface area (Å²) in [6.07, 6.45) is -4.13. The summed E-state index contributed by atoms with van der Waals surface area (Å²) in [5.41, 5.74) is 4.03. The van der Waals surface area contributed by atoms with Crippen LogP contribution in [-0.2, 0) is 16.1 Å². The van der Waals surface area contributed by atoms with Gasteiger partial charge >= 0.3 is 18.1 Å². The van der Waals surface area contributed by atoms with E-state index in [2.05, 4.69) is 25.3 Å². The number of carbonyl (C=O) groups excluding carboxylic acids is 2. The Labute approximate surface area is 200 Å². The second-order valence-electron chi connectivity index (χ2n) is 7.73. The minimum Gasteiger partial charge on any atom is -0.481 e. The molecule has 2 heterocycles. The highest BCUT2D eigenvalue weighted by atomic mass is 19.4. The van der Waals surface area contributed by atoms with Crippen LogP contribution in [0.15, 0.2) is 35.3 Å². The number of carbonyl (C=O) groups is 3. The molecule has 5 N–H and O–H groups in total. The molecular weight excluding hydrogens is 487 g/mol. The fraction of sp³-hybridized carbons (Fsp3) is 0.286. The third-order valence-corrected chi connectivity index (χ3v) is 4.90. The molecule has 0 aliphatic heterocycles. The second kappa shape index (κ2) is 10.4. The van der Waals surface area contributed by atoms with E-state index in [1.165, 1.54) is 12.1 Å². The molecule has 3 rings (SSSR count). The first kappa shape index (κ1) is 26.1. The molecule has 0 fully saturated rings. The third kappa shape index (κ3) is 6.31. The van der Waals surface area contributed by atoms with Gasteiger partial charge in [-0.3, -0.25) is 29.1 Å². The minimum atomic E-state index is -5.23. The second-order valence-corrected chi connectivity index (χ2v) is 7.73. The summed E-state index contributed by atoms with van der Waals surface area (Å²) in [7, 11) is 0. The summed E-state index contributed by atoms with van der Waals surface area (Å²) in [5, 5.41) is 11.3. The number of aliphatic carboxylic acids is 1. The average Bonchev–Trinajstić information content (AvgIpc) is 2.80. The maximum Gasteiger partial charge on any atom is 0.471 e.